The number of hydrogen-bond donors (Lipinski definition) is 1. The van der Waals surface area contributed by atoms with Gasteiger partial charge in [0.15, 0.2) is 0 Å². The van der Waals surface area contributed by atoms with Crippen molar-refractivity contribution in [3.05, 3.63) is 101 Å². The van der Waals surface area contributed by atoms with Crippen LogP contribution in [0.4, 0.5) is 4.39 Å². The maximum absolute atomic E-state index is 13.9. The number of carbonyl (C=O) groups excluding carboxylic acids is 3. The first-order valence-corrected chi connectivity index (χ1v) is 10.9. The number of benzene rings is 3. The lowest BCUT2D eigenvalue weighted by molar-refractivity contribution is 0.0532. The van der Waals surface area contributed by atoms with Crippen LogP contribution in [-0.4, -0.2) is 53.7 Å². The molecule has 0 aliphatic carbocycles. The van der Waals surface area contributed by atoms with E-state index in [-0.39, 0.29) is 29.5 Å². The van der Waals surface area contributed by atoms with E-state index in [9.17, 15) is 18.8 Å². The Morgan fingerprint density at radius 1 is 0.794 bits per heavy atom. The number of rotatable bonds is 6. The molecule has 0 unspecified atom stereocenters. The molecule has 174 valence electrons. The molecule has 4 rings (SSSR count). The maximum atomic E-state index is 13.9. The molecule has 2 N–H and O–H groups in total. The van der Waals surface area contributed by atoms with E-state index >= 15 is 0 Å². The van der Waals surface area contributed by atoms with Crippen LogP contribution in [0.2, 0.25) is 0 Å². The molecule has 0 radical (unpaired) electrons. The third-order valence-corrected chi connectivity index (χ3v) is 5.68. The van der Waals surface area contributed by atoms with Crippen molar-refractivity contribution in [3.63, 3.8) is 0 Å². The van der Waals surface area contributed by atoms with Gasteiger partial charge in [-0.2, -0.15) is 0 Å². The molecule has 3 aromatic rings. The summed E-state index contributed by atoms with van der Waals surface area (Å²) in [6.07, 6.45) is 0. The van der Waals surface area contributed by atoms with Gasteiger partial charge in [0.2, 0.25) is 0 Å². The zero-order valence-electron chi connectivity index (χ0n) is 18.4. The first-order valence-electron chi connectivity index (χ1n) is 10.9. The van der Waals surface area contributed by atoms with E-state index in [1.54, 1.807) is 64.4 Å². The minimum absolute atomic E-state index is 0.0351. The average Bonchev–Trinajstić information content (AvgIpc) is 2.87. The molecular weight excluding hydrogens is 437 g/mol. The van der Waals surface area contributed by atoms with Gasteiger partial charge in [0.25, 0.3) is 17.7 Å². The summed E-state index contributed by atoms with van der Waals surface area (Å²) in [4.78, 5) is 40.4. The van der Waals surface area contributed by atoms with Gasteiger partial charge in [0.05, 0.1) is 11.1 Å². The monoisotopic (exact) mass is 461 g/mol. The highest BCUT2D eigenvalue weighted by atomic mass is 19.1. The van der Waals surface area contributed by atoms with Crippen LogP contribution in [-0.2, 0) is 6.61 Å². The summed E-state index contributed by atoms with van der Waals surface area (Å²) in [6, 6.07) is 19.7. The smallest absolute Gasteiger partial charge is 0.256 e. The van der Waals surface area contributed by atoms with E-state index in [0.29, 0.717) is 37.5 Å². The van der Waals surface area contributed by atoms with Crippen LogP contribution in [0.25, 0.3) is 0 Å². The molecule has 1 aliphatic heterocycles. The third-order valence-electron chi connectivity index (χ3n) is 5.68. The van der Waals surface area contributed by atoms with Gasteiger partial charge in [-0.3, -0.25) is 14.4 Å². The maximum Gasteiger partial charge on any atom is 0.256 e. The summed E-state index contributed by atoms with van der Waals surface area (Å²) in [6.45, 7) is 1.52. The second-order valence-corrected chi connectivity index (χ2v) is 7.91. The molecule has 1 aliphatic rings. The van der Waals surface area contributed by atoms with Gasteiger partial charge < -0.3 is 20.3 Å². The Morgan fingerprint density at radius 2 is 1.41 bits per heavy atom. The molecule has 0 atom stereocenters. The lowest BCUT2D eigenvalue weighted by atomic mass is 10.1. The molecule has 3 amide bonds. The Bertz CT molecular complexity index is 1220. The summed E-state index contributed by atoms with van der Waals surface area (Å²) >= 11 is 0. The lowest BCUT2D eigenvalue weighted by Gasteiger charge is -2.35. The Morgan fingerprint density at radius 3 is 2.09 bits per heavy atom. The number of carbonyl (C=O) groups is 3. The van der Waals surface area contributed by atoms with Crippen molar-refractivity contribution in [2.75, 3.05) is 26.2 Å². The van der Waals surface area contributed by atoms with Crippen LogP contribution in [0.3, 0.4) is 0 Å². The standard InChI is InChI=1S/C26H24FN3O4/c27-22-10-3-1-8-20(22)26(33)30-14-12-29(13-15-30)25(32)19-7-5-6-18(16-19)17-34-23-11-4-2-9-21(23)24(28)31/h1-11,16H,12-15,17H2,(H2,28,31). The highest BCUT2D eigenvalue weighted by molar-refractivity contribution is 5.96. The van der Waals surface area contributed by atoms with Gasteiger partial charge in [0, 0.05) is 31.7 Å². The molecule has 1 saturated heterocycles. The zero-order valence-corrected chi connectivity index (χ0v) is 18.4. The molecule has 7 nitrogen and oxygen atoms in total. The van der Waals surface area contributed by atoms with Gasteiger partial charge in [-0.05, 0) is 42.0 Å². The molecule has 1 heterocycles. The second kappa shape index (κ2) is 10.2. The van der Waals surface area contributed by atoms with Crippen molar-refractivity contribution < 1.29 is 23.5 Å². The molecule has 1 fully saturated rings. The fourth-order valence-electron chi connectivity index (χ4n) is 3.85. The van der Waals surface area contributed by atoms with Crippen molar-refractivity contribution in [3.8, 4) is 5.75 Å². The summed E-state index contributed by atoms with van der Waals surface area (Å²) in [5.41, 5.74) is 6.97. The number of hydrogen-bond acceptors (Lipinski definition) is 4. The highest BCUT2D eigenvalue weighted by Crippen LogP contribution is 2.20. The predicted molar refractivity (Wildman–Crippen MR) is 124 cm³/mol. The summed E-state index contributed by atoms with van der Waals surface area (Å²) in [5, 5.41) is 0. The molecule has 3 aromatic carbocycles. The quantitative estimate of drug-likeness (QED) is 0.611. The number of piperazine rings is 1. The number of para-hydroxylation sites is 1. The topological polar surface area (TPSA) is 92.9 Å². The molecule has 0 aromatic heterocycles. The molecule has 0 spiro atoms. The average molecular weight is 461 g/mol. The van der Waals surface area contributed by atoms with Crippen LogP contribution < -0.4 is 10.5 Å². The van der Waals surface area contributed by atoms with Crippen molar-refractivity contribution in [2.45, 2.75) is 6.61 Å². The van der Waals surface area contributed by atoms with Crippen LogP contribution in [0, 0.1) is 5.82 Å². The highest BCUT2D eigenvalue weighted by Gasteiger charge is 2.26. The van der Waals surface area contributed by atoms with E-state index in [0.717, 1.165) is 5.56 Å². The summed E-state index contributed by atoms with van der Waals surface area (Å²) < 4.78 is 19.7. The minimum Gasteiger partial charge on any atom is -0.488 e. The van der Waals surface area contributed by atoms with Gasteiger partial charge in [-0.1, -0.05) is 36.4 Å². The Hall–Kier alpha value is -4.20. The number of amides is 3. The molecule has 0 bridgehead atoms. The van der Waals surface area contributed by atoms with Crippen LogP contribution in [0.15, 0.2) is 72.8 Å². The second-order valence-electron chi connectivity index (χ2n) is 7.91. The van der Waals surface area contributed by atoms with E-state index in [1.807, 2.05) is 6.07 Å². The number of halogens is 1. The summed E-state index contributed by atoms with van der Waals surface area (Å²) in [7, 11) is 0. The van der Waals surface area contributed by atoms with Crippen LogP contribution in [0.5, 0.6) is 5.75 Å². The van der Waals surface area contributed by atoms with E-state index in [1.165, 1.54) is 12.1 Å². The number of nitrogens with two attached hydrogens (primary N) is 1. The third kappa shape index (κ3) is 5.06. The Balaban J connectivity index is 1.37. The Kier molecular flexibility index (Phi) is 6.87. The molecule has 34 heavy (non-hydrogen) atoms. The van der Waals surface area contributed by atoms with Gasteiger partial charge in [0.1, 0.15) is 18.2 Å². The van der Waals surface area contributed by atoms with Gasteiger partial charge in [-0.15, -0.1) is 0 Å². The normalized spacial score (nSPS) is 13.4. The first kappa shape index (κ1) is 23.0. The molecular formula is C26H24FN3O4. The van der Waals surface area contributed by atoms with Gasteiger partial charge in [-0.25, -0.2) is 4.39 Å². The fraction of sp³-hybridized carbons (Fsp3) is 0.192. The van der Waals surface area contributed by atoms with E-state index in [4.69, 9.17) is 10.5 Å². The number of ether oxygens (including phenoxy) is 1. The predicted octanol–water partition coefficient (Wildman–Crippen LogP) is 3.10. The van der Waals surface area contributed by atoms with Crippen molar-refractivity contribution in [1.29, 1.82) is 0 Å². The lowest BCUT2D eigenvalue weighted by Crippen LogP contribution is -2.50. The summed E-state index contributed by atoms with van der Waals surface area (Å²) in [5.74, 6) is -1.28. The number of nitrogens with zero attached hydrogens (tertiary/aromatic N) is 2. The SMILES string of the molecule is NC(=O)c1ccccc1OCc1cccc(C(=O)N2CCN(C(=O)c3ccccc3F)CC2)c1. The minimum atomic E-state index is -0.577. The first-order chi connectivity index (χ1) is 16.4. The van der Waals surface area contributed by atoms with Crippen molar-refractivity contribution in [1.82, 2.24) is 9.80 Å². The van der Waals surface area contributed by atoms with Crippen LogP contribution in [0.1, 0.15) is 36.6 Å². The Labute approximate surface area is 196 Å². The van der Waals surface area contributed by atoms with Gasteiger partial charge >= 0.3 is 0 Å². The molecule has 8 heteroatoms. The van der Waals surface area contributed by atoms with Crippen molar-refractivity contribution in [2.24, 2.45) is 5.73 Å². The van der Waals surface area contributed by atoms with E-state index in [2.05, 4.69) is 0 Å². The van der Waals surface area contributed by atoms with Crippen molar-refractivity contribution >= 4 is 17.7 Å². The molecule has 0 saturated carbocycles. The zero-order chi connectivity index (χ0) is 24.1. The van der Waals surface area contributed by atoms with Crippen LogP contribution >= 0.6 is 0 Å². The van der Waals surface area contributed by atoms with E-state index < -0.39 is 11.7 Å². The fourth-order valence-corrected chi connectivity index (χ4v) is 3.85. The largest absolute Gasteiger partial charge is 0.488 e. The number of primary amides is 1.